The molecule has 0 radical (unpaired) electrons. The van der Waals surface area contributed by atoms with Gasteiger partial charge in [-0.25, -0.2) is 12.7 Å². The monoisotopic (exact) mass is 346 g/mol. The Morgan fingerprint density at radius 2 is 1.87 bits per heavy atom. The molecule has 0 heterocycles. The minimum Gasteiger partial charge on any atom is -0.379 e. The van der Waals surface area contributed by atoms with Gasteiger partial charge in [-0.3, -0.25) is 20.2 Å². The van der Waals surface area contributed by atoms with Crippen molar-refractivity contribution in [2.75, 3.05) is 31.2 Å². The van der Waals surface area contributed by atoms with Crippen molar-refractivity contribution < 1.29 is 18.3 Å². The van der Waals surface area contributed by atoms with E-state index >= 15 is 0 Å². The summed E-state index contributed by atoms with van der Waals surface area (Å²) < 4.78 is 24.1. The van der Waals surface area contributed by atoms with Gasteiger partial charge in [0.25, 0.3) is 11.4 Å². The van der Waals surface area contributed by atoms with E-state index in [0.717, 1.165) is 12.3 Å². The van der Waals surface area contributed by atoms with Crippen molar-refractivity contribution in [1.82, 2.24) is 4.31 Å². The molecule has 0 aromatic heterocycles. The van der Waals surface area contributed by atoms with E-state index in [1.54, 1.807) is 6.92 Å². The Kier molecular flexibility index (Phi) is 6.39. The van der Waals surface area contributed by atoms with E-state index < -0.39 is 25.6 Å². The highest BCUT2D eigenvalue weighted by molar-refractivity contribution is 7.88. The van der Waals surface area contributed by atoms with Crippen molar-refractivity contribution in [2.45, 2.75) is 13.3 Å². The first-order valence-electron chi connectivity index (χ1n) is 6.78. The van der Waals surface area contributed by atoms with Crippen molar-refractivity contribution in [1.29, 1.82) is 0 Å². The first-order valence-corrected chi connectivity index (χ1v) is 8.63. The second kappa shape index (κ2) is 7.83. The maximum absolute atomic E-state index is 11.4. The number of hydrogen-bond acceptors (Lipinski definition) is 7. The van der Waals surface area contributed by atoms with Gasteiger partial charge in [-0.1, -0.05) is 6.92 Å². The summed E-state index contributed by atoms with van der Waals surface area (Å²) in [5, 5.41) is 24.4. The van der Waals surface area contributed by atoms with E-state index in [9.17, 15) is 28.6 Å². The zero-order valence-corrected chi connectivity index (χ0v) is 13.6. The molecule has 1 aromatic rings. The molecule has 1 N–H and O–H groups in total. The summed E-state index contributed by atoms with van der Waals surface area (Å²) in [4.78, 5) is 20.2. The van der Waals surface area contributed by atoms with Crippen LogP contribution in [0.5, 0.6) is 0 Å². The number of rotatable bonds is 9. The van der Waals surface area contributed by atoms with Crippen LogP contribution in [0, 0.1) is 20.2 Å². The predicted octanol–water partition coefficient (Wildman–Crippen LogP) is 1.59. The molecule has 0 saturated heterocycles. The van der Waals surface area contributed by atoms with Gasteiger partial charge in [0, 0.05) is 25.7 Å². The zero-order chi connectivity index (χ0) is 17.6. The molecule has 0 aliphatic carbocycles. The Bertz CT molecular complexity index is 691. The predicted molar refractivity (Wildman–Crippen MR) is 84.9 cm³/mol. The average molecular weight is 346 g/mol. The van der Waals surface area contributed by atoms with Crippen LogP contribution < -0.4 is 5.32 Å². The standard InChI is InChI=1S/C12H18N4O6S/c1-3-14(23(2,21)22)8-4-7-13-11-6-5-10(15(17)18)9-12(11)16(19)20/h5-6,9,13H,3-4,7-8H2,1-2H3. The summed E-state index contributed by atoms with van der Waals surface area (Å²) in [6, 6.07) is 3.33. The fraction of sp³-hybridized carbons (Fsp3) is 0.500. The van der Waals surface area contributed by atoms with Crippen LogP contribution in [-0.4, -0.2) is 48.5 Å². The molecule has 0 amide bonds. The molecule has 0 saturated carbocycles. The van der Waals surface area contributed by atoms with Gasteiger partial charge in [0.2, 0.25) is 10.0 Å². The van der Waals surface area contributed by atoms with Crippen molar-refractivity contribution in [3.8, 4) is 0 Å². The molecule has 0 spiro atoms. The third-order valence-electron chi connectivity index (χ3n) is 3.11. The topological polar surface area (TPSA) is 136 Å². The highest BCUT2D eigenvalue weighted by atomic mass is 32.2. The summed E-state index contributed by atoms with van der Waals surface area (Å²) in [6.45, 7) is 2.64. The maximum atomic E-state index is 11.4. The smallest absolute Gasteiger partial charge is 0.299 e. The van der Waals surface area contributed by atoms with Crippen molar-refractivity contribution in [3.05, 3.63) is 38.4 Å². The molecule has 23 heavy (non-hydrogen) atoms. The number of nitro groups is 2. The molecular formula is C12H18N4O6S. The van der Waals surface area contributed by atoms with Gasteiger partial charge in [0.05, 0.1) is 22.2 Å². The Labute approximate surface area is 133 Å². The largest absolute Gasteiger partial charge is 0.379 e. The molecule has 0 aliphatic heterocycles. The number of nitrogens with zero attached hydrogens (tertiary/aromatic N) is 3. The second-order valence-corrected chi connectivity index (χ2v) is 6.73. The third kappa shape index (κ3) is 5.45. The minimum absolute atomic E-state index is 0.156. The molecule has 0 unspecified atom stereocenters. The zero-order valence-electron chi connectivity index (χ0n) is 12.8. The number of non-ortho nitro benzene ring substituents is 1. The first kappa shape index (κ1) is 18.8. The van der Waals surface area contributed by atoms with Crippen LogP contribution in [0.2, 0.25) is 0 Å². The Hall–Kier alpha value is -2.27. The minimum atomic E-state index is -3.27. The maximum Gasteiger partial charge on any atom is 0.299 e. The number of hydrogen-bond donors (Lipinski definition) is 1. The summed E-state index contributed by atoms with van der Waals surface area (Å²) in [6.07, 6.45) is 1.56. The van der Waals surface area contributed by atoms with Crippen LogP contribution in [0.3, 0.4) is 0 Å². The lowest BCUT2D eigenvalue weighted by Gasteiger charge is -2.17. The molecule has 11 heteroatoms. The van der Waals surface area contributed by atoms with E-state index in [4.69, 9.17) is 0 Å². The summed E-state index contributed by atoms with van der Waals surface area (Å²) >= 11 is 0. The van der Waals surface area contributed by atoms with Gasteiger partial charge in [-0.05, 0) is 12.5 Å². The molecule has 128 valence electrons. The molecular weight excluding hydrogens is 328 g/mol. The van der Waals surface area contributed by atoms with E-state index in [1.165, 1.54) is 16.4 Å². The molecule has 0 fully saturated rings. The Morgan fingerprint density at radius 1 is 1.22 bits per heavy atom. The van der Waals surface area contributed by atoms with Gasteiger partial charge < -0.3 is 5.32 Å². The number of nitro benzene ring substituents is 2. The van der Waals surface area contributed by atoms with E-state index in [-0.39, 0.29) is 17.9 Å². The molecule has 1 rings (SSSR count). The number of anilines is 1. The Morgan fingerprint density at radius 3 is 2.35 bits per heavy atom. The first-order chi connectivity index (χ1) is 10.7. The van der Waals surface area contributed by atoms with Crippen LogP contribution in [0.15, 0.2) is 18.2 Å². The van der Waals surface area contributed by atoms with E-state index in [2.05, 4.69) is 5.32 Å². The van der Waals surface area contributed by atoms with Gasteiger partial charge >= 0.3 is 0 Å². The summed E-state index contributed by atoms with van der Waals surface area (Å²) in [5.74, 6) is 0. The molecule has 0 atom stereocenters. The van der Waals surface area contributed by atoms with Crippen molar-refractivity contribution in [2.24, 2.45) is 0 Å². The quantitative estimate of drug-likeness (QED) is 0.407. The molecule has 0 bridgehead atoms. The van der Waals surface area contributed by atoms with Crippen LogP contribution >= 0.6 is 0 Å². The average Bonchev–Trinajstić information content (AvgIpc) is 2.45. The van der Waals surface area contributed by atoms with Crippen LogP contribution in [0.4, 0.5) is 17.1 Å². The number of sulfonamides is 1. The van der Waals surface area contributed by atoms with Crippen molar-refractivity contribution >= 4 is 27.1 Å². The van der Waals surface area contributed by atoms with Gasteiger partial charge in [0.1, 0.15) is 5.69 Å². The van der Waals surface area contributed by atoms with Crippen LogP contribution in [-0.2, 0) is 10.0 Å². The lowest BCUT2D eigenvalue weighted by Crippen LogP contribution is -2.31. The van der Waals surface area contributed by atoms with Crippen LogP contribution in [0.25, 0.3) is 0 Å². The van der Waals surface area contributed by atoms with Crippen molar-refractivity contribution in [3.63, 3.8) is 0 Å². The fourth-order valence-electron chi connectivity index (χ4n) is 1.97. The van der Waals surface area contributed by atoms with Gasteiger partial charge in [-0.2, -0.15) is 0 Å². The highest BCUT2D eigenvalue weighted by Gasteiger charge is 2.19. The molecule has 10 nitrogen and oxygen atoms in total. The summed E-state index contributed by atoms with van der Waals surface area (Å²) in [7, 11) is -3.27. The third-order valence-corrected chi connectivity index (χ3v) is 4.49. The second-order valence-electron chi connectivity index (χ2n) is 4.75. The fourth-order valence-corrected chi connectivity index (χ4v) is 2.90. The normalized spacial score (nSPS) is 11.4. The lowest BCUT2D eigenvalue weighted by atomic mass is 10.2. The SMILES string of the molecule is CCN(CCCNc1ccc([N+](=O)[O-])cc1[N+](=O)[O-])S(C)(=O)=O. The van der Waals surface area contributed by atoms with Gasteiger partial charge in [-0.15, -0.1) is 0 Å². The van der Waals surface area contributed by atoms with Gasteiger partial charge in [0.15, 0.2) is 0 Å². The van der Waals surface area contributed by atoms with E-state index in [1.807, 2.05) is 0 Å². The molecule has 1 aromatic carbocycles. The number of benzene rings is 1. The molecule has 0 aliphatic rings. The summed E-state index contributed by atoms with van der Waals surface area (Å²) in [5.41, 5.74) is -0.603. The van der Waals surface area contributed by atoms with Crippen LogP contribution in [0.1, 0.15) is 13.3 Å². The number of nitrogens with one attached hydrogen (secondary N) is 1. The lowest BCUT2D eigenvalue weighted by molar-refractivity contribution is -0.393. The Balaban J connectivity index is 2.71. The highest BCUT2D eigenvalue weighted by Crippen LogP contribution is 2.28. The van der Waals surface area contributed by atoms with E-state index in [0.29, 0.717) is 19.5 Å².